The molecule has 3 N–H and O–H groups in total. The molecule has 2 amide bonds. The maximum atomic E-state index is 12.6. The van der Waals surface area contributed by atoms with Gasteiger partial charge in [0.2, 0.25) is 5.91 Å². The van der Waals surface area contributed by atoms with Crippen LogP contribution in [0, 0.1) is 6.92 Å². The van der Waals surface area contributed by atoms with Gasteiger partial charge in [0.15, 0.2) is 5.13 Å². The van der Waals surface area contributed by atoms with Crippen molar-refractivity contribution in [1.29, 1.82) is 0 Å². The number of benzene rings is 1. The van der Waals surface area contributed by atoms with E-state index in [9.17, 15) is 9.59 Å². The van der Waals surface area contributed by atoms with Gasteiger partial charge in [-0.2, -0.15) is 0 Å². The second-order valence-electron chi connectivity index (χ2n) is 5.92. The highest BCUT2D eigenvalue weighted by atomic mass is 32.1. The van der Waals surface area contributed by atoms with Gasteiger partial charge in [-0.15, -0.1) is 11.3 Å². The van der Waals surface area contributed by atoms with Gasteiger partial charge in [0.25, 0.3) is 5.91 Å². The molecule has 0 saturated carbocycles. The molecule has 0 bridgehead atoms. The van der Waals surface area contributed by atoms with Crippen LogP contribution in [0.5, 0.6) is 11.5 Å². The monoisotopic (exact) mass is 388 g/mol. The summed E-state index contributed by atoms with van der Waals surface area (Å²) >= 11 is 1.33. The van der Waals surface area contributed by atoms with Crippen LogP contribution in [0.4, 0.5) is 5.13 Å². The van der Waals surface area contributed by atoms with Crippen LogP contribution in [0.2, 0.25) is 0 Å². The third-order valence-corrected chi connectivity index (χ3v) is 4.87. The second-order valence-corrected chi connectivity index (χ2v) is 6.78. The van der Waals surface area contributed by atoms with Crippen LogP contribution in [0.25, 0.3) is 10.9 Å². The fraction of sp³-hybridized carbons (Fsp3) is 0.278. The number of rotatable bonds is 6. The summed E-state index contributed by atoms with van der Waals surface area (Å²) in [5.41, 5.74) is 1.78. The first-order chi connectivity index (χ1) is 12.9. The van der Waals surface area contributed by atoms with E-state index < -0.39 is 11.9 Å². The van der Waals surface area contributed by atoms with Gasteiger partial charge < -0.3 is 25.1 Å². The van der Waals surface area contributed by atoms with Crippen molar-refractivity contribution >= 4 is 39.2 Å². The van der Waals surface area contributed by atoms with Gasteiger partial charge in [-0.1, -0.05) is 0 Å². The Morgan fingerprint density at radius 1 is 1.22 bits per heavy atom. The van der Waals surface area contributed by atoms with Gasteiger partial charge >= 0.3 is 0 Å². The predicted molar refractivity (Wildman–Crippen MR) is 104 cm³/mol. The van der Waals surface area contributed by atoms with Crippen LogP contribution in [-0.4, -0.2) is 42.0 Å². The van der Waals surface area contributed by atoms with Gasteiger partial charge in [-0.05, 0) is 32.0 Å². The molecule has 2 aromatic heterocycles. The molecule has 0 fully saturated rings. The van der Waals surface area contributed by atoms with Crippen molar-refractivity contribution in [2.75, 3.05) is 19.5 Å². The zero-order valence-electron chi connectivity index (χ0n) is 15.4. The molecule has 8 nitrogen and oxygen atoms in total. The Hall–Kier alpha value is -3.07. The highest BCUT2D eigenvalue weighted by molar-refractivity contribution is 7.13. The van der Waals surface area contributed by atoms with Crippen molar-refractivity contribution in [3.63, 3.8) is 0 Å². The Labute approximate surface area is 159 Å². The van der Waals surface area contributed by atoms with Crippen molar-refractivity contribution < 1.29 is 19.1 Å². The number of ether oxygens (including phenoxy) is 2. The van der Waals surface area contributed by atoms with Gasteiger partial charge in [0.1, 0.15) is 23.2 Å². The number of H-pyrrole nitrogens is 1. The highest BCUT2D eigenvalue weighted by Crippen LogP contribution is 2.33. The van der Waals surface area contributed by atoms with Crippen molar-refractivity contribution in [2.24, 2.45) is 0 Å². The number of anilines is 1. The number of aromatic nitrogens is 2. The molecule has 0 aliphatic carbocycles. The average Bonchev–Trinajstić information content (AvgIpc) is 3.27. The van der Waals surface area contributed by atoms with Gasteiger partial charge in [0.05, 0.1) is 25.4 Å². The van der Waals surface area contributed by atoms with Crippen LogP contribution < -0.4 is 20.1 Å². The molecular weight excluding hydrogens is 368 g/mol. The molecule has 2 heterocycles. The number of aryl methyl sites for hydroxylation is 1. The molecule has 0 radical (unpaired) electrons. The topological polar surface area (TPSA) is 105 Å². The molecule has 1 atom stereocenters. The van der Waals surface area contributed by atoms with E-state index in [4.69, 9.17) is 9.47 Å². The number of thiazole rings is 1. The Balaban J connectivity index is 1.76. The third-order valence-electron chi connectivity index (χ3n) is 3.99. The molecule has 1 aromatic carbocycles. The number of hydrogen-bond donors (Lipinski definition) is 3. The number of amides is 2. The lowest BCUT2D eigenvalue weighted by Gasteiger charge is -2.12. The fourth-order valence-electron chi connectivity index (χ4n) is 2.60. The molecular formula is C18H20N4O4S. The van der Waals surface area contributed by atoms with E-state index in [-0.39, 0.29) is 5.91 Å². The summed E-state index contributed by atoms with van der Waals surface area (Å²) < 4.78 is 10.6. The largest absolute Gasteiger partial charge is 0.496 e. The van der Waals surface area contributed by atoms with Crippen molar-refractivity contribution in [3.8, 4) is 11.5 Å². The summed E-state index contributed by atoms with van der Waals surface area (Å²) in [4.78, 5) is 32.0. The number of methoxy groups -OCH3 is 2. The van der Waals surface area contributed by atoms with Gasteiger partial charge in [0, 0.05) is 10.8 Å². The van der Waals surface area contributed by atoms with Crippen LogP contribution in [0.1, 0.15) is 23.1 Å². The molecule has 27 heavy (non-hydrogen) atoms. The third kappa shape index (κ3) is 3.87. The minimum absolute atomic E-state index is 0.303. The molecule has 3 aromatic rings. The van der Waals surface area contributed by atoms with Crippen LogP contribution in [0.3, 0.4) is 0 Å². The molecule has 3 rings (SSSR count). The Morgan fingerprint density at radius 3 is 2.56 bits per heavy atom. The standard InChI is InChI=1S/C18H20N4O4S/c1-9-8-27-18(19-9)22-16(23)10(2)20-17(24)12-7-11-13(25-3)5-6-14(26-4)15(11)21-12/h5-8,10,21H,1-4H3,(H,20,24)(H,19,22,23). The van der Waals surface area contributed by atoms with E-state index in [0.717, 1.165) is 11.1 Å². The van der Waals surface area contributed by atoms with Crippen molar-refractivity contribution in [3.05, 3.63) is 35.0 Å². The maximum absolute atomic E-state index is 12.6. The van der Waals surface area contributed by atoms with E-state index in [0.29, 0.717) is 27.8 Å². The number of aromatic amines is 1. The van der Waals surface area contributed by atoms with Gasteiger partial charge in [-0.25, -0.2) is 4.98 Å². The van der Waals surface area contributed by atoms with E-state index in [1.165, 1.54) is 11.3 Å². The highest BCUT2D eigenvalue weighted by Gasteiger charge is 2.20. The summed E-state index contributed by atoms with van der Waals surface area (Å²) in [5, 5.41) is 8.41. The SMILES string of the molecule is COc1ccc(OC)c2[nH]c(C(=O)NC(C)C(=O)Nc3nc(C)cs3)cc12. The zero-order valence-corrected chi connectivity index (χ0v) is 16.2. The van der Waals surface area contributed by atoms with Crippen molar-refractivity contribution in [2.45, 2.75) is 19.9 Å². The normalized spacial score (nSPS) is 11.9. The van der Waals surface area contributed by atoms with Crippen LogP contribution in [-0.2, 0) is 4.79 Å². The van der Waals surface area contributed by atoms with Crippen LogP contribution >= 0.6 is 11.3 Å². The Bertz CT molecular complexity index is 954. The molecule has 0 spiro atoms. The minimum atomic E-state index is -0.739. The lowest BCUT2D eigenvalue weighted by molar-refractivity contribution is -0.117. The molecule has 1 unspecified atom stereocenters. The Kier molecular flexibility index (Phi) is 5.31. The first-order valence-corrected chi connectivity index (χ1v) is 9.08. The van der Waals surface area contributed by atoms with E-state index in [1.807, 2.05) is 12.3 Å². The molecule has 142 valence electrons. The maximum Gasteiger partial charge on any atom is 0.268 e. The average molecular weight is 388 g/mol. The minimum Gasteiger partial charge on any atom is -0.496 e. The summed E-state index contributed by atoms with van der Waals surface area (Å²) in [6, 6.07) is 4.45. The summed E-state index contributed by atoms with van der Waals surface area (Å²) in [6.45, 7) is 3.45. The first kappa shape index (κ1) is 18.7. The van der Waals surface area contributed by atoms with E-state index in [2.05, 4.69) is 20.6 Å². The van der Waals surface area contributed by atoms with E-state index in [1.54, 1.807) is 39.3 Å². The summed E-state index contributed by atoms with van der Waals surface area (Å²) in [5.74, 6) is 0.457. The summed E-state index contributed by atoms with van der Waals surface area (Å²) in [7, 11) is 3.11. The number of carbonyl (C=O) groups is 2. The predicted octanol–water partition coefficient (Wildman–Crippen LogP) is 2.71. The molecule has 0 saturated heterocycles. The van der Waals surface area contributed by atoms with Crippen LogP contribution in [0.15, 0.2) is 23.6 Å². The number of nitrogens with zero attached hydrogens (tertiary/aromatic N) is 1. The van der Waals surface area contributed by atoms with E-state index >= 15 is 0 Å². The Morgan fingerprint density at radius 2 is 1.93 bits per heavy atom. The molecule has 0 aliphatic heterocycles. The molecule has 0 aliphatic rings. The summed E-state index contributed by atoms with van der Waals surface area (Å²) in [6.07, 6.45) is 0. The number of hydrogen-bond acceptors (Lipinski definition) is 6. The fourth-order valence-corrected chi connectivity index (χ4v) is 3.29. The zero-order chi connectivity index (χ0) is 19.6. The lowest BCUT2D eigenvalue weighted by atomic mass is 10.2. The molecule has 9 heteroatoms. The first-order valence-electron chi connectivity index (χ1n) is 8.20. The quantitative estimate of drug-likeness (QED) is 0.602. The number of carbonyl (C=O) groups excluding carboxylic acids is 2. The number of fused-ring (bicyclic) bond motifs is 1. The smallest absolute Gasteiger partial charge is 0.268 e. The van der Waals surface area contributed by atoms with Gasteiger partial charge in [-0.3, -0.25) is 9.59 Å². The second kappa shape index (κ2) is 7.67. The lowest BCUT2D eigenvalue weighted by Crippen LogP contribution is -2.41. The number of nitrogens with one attached hydrogen (secondary N) is 3. The van der Waals surface area contributed by atoms with Crippen molar-refractivity contribution in [1.82, 2.24) is 15.3 Å².